The molecule has 5 N–H and O–H groups in total. The minimum atomic E-state index is -3.88. The molecule has 1 amide bonds. The molecule has 0 aliphatic heterocycles. The Morgan fingerprint density at radius 2 is 1.26 bits per heavy atom. The van der Waals surface area contributed by atoms with Gasteiger partial charge in [-0.05, 0) is 75.6 Å². The lowest BCUT2D eigenvalue weighted by Gasteiger charge is -2.15. The predicted molar refractivity (Wildman–Crippen MR) is 143 cm³/mol. The first-order valence-electron chi connectivity index (χ1n) is 10.5. The van der Waals surface area contributed by atoms with Crippen molar-refractivity contribution in [3.63, 3.8) is 0 Å². The Hall–Kier alpha value is -2.84. The van der Waals surface area contributed by atoms with E-state index in [2.05, 4.69) is 25.4 Å². The Balaban J connectivity index is 2.55. The van der Waals surface area contributed by atoms with Crippen LogP contribution in [0.25, 0.3) is 12.2 Å². The molecule has 0 heterocycles. The molecule has 0 unspecified atom stereocenters. The van der Waals surface area contributed by atoms with Gasteiger partial charge in [0.2, 0.25) is 26.0 Å². The fourth-order valence-corrected chi connectivity index (χ4v) is 5.25. The highest BCUT2D eigenvalue weighted by Gasteiger charge is 2.19. The molecule has 0 radical (unpaired) electrons. The first-order valence-corrected chi connectivity index (χ1v) is 13.8. The predicted octanol–water partition coefficient (Wildman–Crippen LogP) is 2.33. The van der Waals surface area contributed by atoms with E-state index >= 15 is 0 Å². The molecule has 0 saturated heterocycles. The Kier molecular flexibility index (Phi) is 9.52. The zero-order valence-corrected chi connectivity index (χ0v) is 22.4. The maximum atomic E-state index is 12.7. The maximum absolute atomic E-state index is 12.7. The van der Waals surface area contributed by atoms with Gasteiger partial charge in [0.05, 0.1) is 9.79 Å². The molecule has 0 aromatic heterocycles. The molecule has 10 nitrogen and oxygen atoms in total. The lowest BCUT2D eigenvalue weighted by atomic mass is 10.1. The van der Waals surface area contributed by atoms with Crippen molar-refractivity contribution < 1.29 is 21.6 Å². The fraction of sp³-hybridized carbons (Fsp3) is 0.273. The van der Waals surface area contributed by atoms with Crippen molar-refractivity contribution in [2.75, 3.05) is 24.7 Å². The lowest BCUT2D eigenvalue weighted by Crippen LogP contribution is -2.34. The van der Waals surface area contributed by atoms with Gasteiger partial charge in [0, 0.05) is 24.3 Å². The molecule has 2 aromatic carbocycles. The van der Waals surface area contributed by atoms with Gasteiger partial charge in [-0.1, -0.05) is 24.3 Å². The number of carbonyl (C=O) groups excluding carboxylic acids is 1. The quantitative estimate of drug-likeness (QED) is 0.241. The molecule has 0 saturated carbocycles. The first kappa shape index (κ1) is 28.4. The van der Waals surface area contributed by atoms with Crippen molar-refractivity contribution in [1.82, 2.24) is 14.8 Å². The normalized spacial score (nSPS) is 12.1. The number of benzene rings is 2. The summed E-state index contributed by atoms with van der Waals surface area (Å²) in [6.07, 6.45) is 2.99. The zero-order valence-electron chi connectivity index (χ0n) is 20.0. The topological polar surface area (TPSA) is 146 Å². The third kappa shape index (κ3) is 7.83. The van der Waals surface area contributed by atoms with Crippen molar-refractivity contribution >= 4 is 66.8 Å². The van der Waals surface area contributed by atoms with Crippen LogP contribution in [0, 0.1) is 0 Å². The average Bonchev–Trinajstić information content (AvgIpc) is 2.77. The fourth-order valence-electron chi connectivity index (χ4n) is 3.00. The average molecular weight is 540 g/mol. The number of hydrogen-bond donors (Lipinski definition) is 5. The van der Waals surface area contributed by atoms with Crippen LogP contribution in [0.15, 0.2) is 46.2 Å². The number of rotatable bonds is 9. The van der Waals surface area contributed by atoms with Crippen LogP contribution in [0.3, 0.4) is 0 Å². The molecule has 0 aliphatic carbocycles. The molecule has 0 spiro atoms. The number of sulfonamides is 2. The smallest absolute Gasteiger partial charge is 0.240 e. The van der Waals surface area contributed by atoms with Gasteiger partial charge in [0.15, 0.2) is 5.11 Å². The zero-order chi connectivity index (χ0) is 26.4. The summed E-state index contributed by atoms with van der Waals surface area (Å²) in [6, 6.07) is 9.17. The van der Waals surface area contributed by atoms with E-state index in [1.54, 1.807) is 18.2 Å². The number of thiocarbonyl (C=S) groups is 1. The summed E-state index contributed by atoms with van der Waals surface area (Å²) in [5, 5.41) is 8.86. The molecule has 2 aromatic rings. The molecular formula is C22H29N5O5S3. The Morgan fingerprint density at radius 1 is 0.829 bits per heavy atom. The van der Waals surface area contributed by atoms with E-state index in [-0.39, 0.29) is 21.7 Å². The molecule has 0 atom stereocenters. The van der Waals surface area contributed by atoms with Crippen LogP contribution >= 0.6 is 12.2 Å². The number of anilines is 2. The maximum Gasteiger partial charge on any atom is 0.240 e. The summed E-state index contributed by atoms with van der Waals surface area (Å²) < 4.78 is 55.1. The van der Waals surface area contributed by atoms with E-state index < -0.39 is 20.0 Å². The van der Waals surface area contributed by atoms with Crippen molar-refractivity contribution in [2.45, 2.75) is 36.6 Å². The van der Waals surface area contributed by atoms with Gasteiger partial charge >= 0.3 is 0 Å². The van der Waals surface area contributed by atoms with Crippen LogP contribution in [0.5, 0.6) is 0 Å². The Labute approximate surface area is 211 Å². The molecule has 13 heteroatoms. The van der Waals surface area contributed by atoms with Crippen LogP contribution in [0.4, 0.5) is 11.4 Å². The second-order valence-electron chi connectivity index (χ2n) is 7.69. The van der Waals surface area contributed by atoms with Crippen molar-refractivity contribution in [3.8, 4) is 0 Å². The van der Waals surface area contributed by atoms with E-state index in [0.717, 1.165) is 0 Å². The number of carbonyl (C=O) groups is 1. The van der Waals surface area contributed by atoms with Crippen LogP contribution in [-0.4, -0.2) is 48.0 Å². The van der Waals surface area contributed by atoms with Crippen LogP contribution in [0.1, 0.15) is 31.9 Å². The van der Waals surface area contributed by atoms with Gasteiger partial charge in [-0.3, -0.25) is 4.79 Å². The second kappa shape index (κ2) is 11.7. The standard InChI is InChI=1S/C22H29N5O5S3/c1-14(2)25-22(33)27-19-11-9-17(21(13-19)35(31,32)24-5)7-6-16-8-10-18(26-15(3)28)12-20(16)34(29,30)23-4/h6-14,23-24H,1-5H3,(H,26,28)(H2,25,27,33)/b7-6+. The Bertz CT molecular complexity index is 1350. The molecular weight excluding hydrogens is 510 g/mol. The largest absolute Gasteiger partial charge is 0.360 e. The van der Waals surface area contributed by atoms with Gasteiger partial charge in [-0.25, -0.2) is 26.3 Å². The molecule has 35 heavy (non-hydrogen) atoms. The van der Waals surface area contributed by atoms with Crippen LogP contribution in [0.2, 0.25) is 0 Å². The number of nitrogens with one attached hydrogen (secondary N) is 5. The third-order valence-electron chi connectivity index (χ3n) is 4.58. The van der Waals surface area contributed by atoms with Gasteiger partial charge in [-0.15, -0.1) is 0 Å². The van der Waals surface area contributed by atoms with Crippen LogP contribution in [-0.2, 0) is 24.8 Å². The molecule has 0 bridgehead atoms. The second-order valence-corrected chi connectivity index (χ2v) is 11.8. The minimum absolute atomic E-state index is 0.0264. The molecule has 2 rings (SSSR count). The van der Waals surface area contributed by atoms with Crippen LogP contribution < -0.4 is 25.4 Å². The Morgan fingerprint density at radius 3 is 1.63 bits per heavy atom. The highest BCUT2D eigenvalue weighted by Crippen LogP contribution is 2.26. The highest BCUT2D eigenvalue weighted by atomic mass is 32.2. The summed E-state index contributed by atoms with van der Waals surface area (Å²) >= 11 is 5.23. The van der Waals surface area contributed by atoms with E-state index in [0.29, 0.717) is 27.6 Å². The summed E-state index contributed by atoms with van der Waals surface area (Å²) in [6.45, 7) is 5.15. The van der Waals surface area contributed by atoms with Gasteiger partial charge in [-0.2, -0.15) is 0 Å². The van der Waals surface area contributed by atoms with E-state index in [1.165, 1.54) is 51.4 Å². The molecule has 190 valence electrons. The molecule has 0 fully saturated rings. The van der Waals surface area contributed by atoms with Gasteiger partial charge < -0.3 is 16.0 Å². The van der Waals surface area contributed by atoms with Crippen molar-refractivity contribution in [2.24, 2.45) is 0 Å². The van der Waals surface area contributed by atoms with Gasteiger partial charge in [0.1, 0.15) is 0 Å². The third-order valence-corrected chi connectivity index (χ3v) is 7.74. The monoisotopic (exact) mass is 539 g/mol. The lowest BCUT2D eigenvalue weighted by molar-refractivity contribution is -0.114. The summed E-state index contributed by atoms with van der Waals surface area (Å²) in [7, 11) is -5.17. The summed E-state index contributed by atoms with van der Waals surface area (Å²) in [5.41, 5.74) is 1.40. The van der Waals surface area contributed by atoms with E-state index in [9.17, 15) is 21.6 Å². The highest BCUT2D eigenvalue weighted by molar-refractivity contribution is 7.89. The SMILES string of the molecule is CNS(=O)(=O)c1cc(NC(C)=O)ccc1/C=C/c1ccc(NC(=S)NC(C)C)cc1S(=O)(=O)NC. The van der Waals surface area contributed by atoms with Gasteiger partial charge in [0.25, 0.3) is 0 Å². The summed E-state index contributed by atoms with van der Waals surface area (Å²) in [5.74, 6) is -0.347. The van der Waals surface area contributed by atoms with Crippen molar-refractivity contribution in [3.05, 3.63) is 47.5 Å². The number of hydrogen-bond acceptors (Lipinski definition) is 6. The van der Waals surface area contributed by atoms with Crippen molar-refractivity contribution in [1.29, 1.82) is 0 Å². The van der Waals surface area contributed by atoms with E-state index in [4.69, 9.17) is 12.2 Å². The van der Waals surface area contributed by atoms with E-state index in [1.807, 2.05) is 13.8 Å². The minimum Gasteiger partial charge on any atom is -0.360 e. The first-order chi connectivity index (χ1) is 16.3. The number of amides is 1. The molecule has 0 aliphatic rings. The summed E-state index contributed by atoms with van der Waals surface area (Å²) in [4.78, 5) is 11.3.